The predicted molar refractivity (Wildman–Crippen MR) is 80.8 cm³/mol. The first kappa shape index (κ1) is 14.6. The van der Waals surface area contributed by atoms with Crippen LogP contribution in [0, 0.1) is 0 Å². The third kappa shape index (κ3) is 3.02. The van der Waals surface area contributed by atoms with Crippen LogP contribution in [-0.2, 0) is 13.5 Å². The van der Waals surface area contributed by atoms with Gasteiger partial charge in [-0.1, -0.05) is 25.1 Å². The maximum Gasteiger partial charge on any atom is 0.124 e. The van der Waals surface area contributed by atoms with Gasteiger partial charge in [-0.15, -0.1) is 0 Å². The van der Waals surface area contributed by atoms with E-state index in [4.69, 9.17) is 10.5 Å². The van der Waals surface area contributed by atoms with Gasteiger partial charge in [-0.05, 0) is 32.4 Å². The Kier molecular flexibility index (Phi) is 4.45. The molecule has 2 rings (SSSR count). The van der Waals surface area contributed by atoms with Crippen molar-refractivity contribution in [2.45, 2.75) is 39.3 Å². The summed E-state index contributed by atoms with van der Waals surface area (Å²) in [6, 6.07) is 9.76. The van der Waals surface area contributed by atoms with E-state index in [1.165, 1.54) is 0 Å². The molecule has 0 aliphatic rings. The van der Waals surface area contributed by atoms with Gasteiger partial charge in [0, 0.05) is 12.6 Å². The Hall–Kier alpha value is -1.81. The molecule has 0 aliphatic heterocycles. The van der Waals surface area contributed by atoms with Crippen LogP contribution >= 0.6 is 0 Å². The number of rotatable bonds is 5. The van der Waals surface area contributed by atoms with E-state index in [0.717, 1.165) is 29.1 Å². The van der Waals surface area contributed by atoms with Crippen molar-refractivity contribution >= 4 is 0 Å². The number of hydrogen-bond acceptors (Lipinski definition) is 3. The molecule has 0 aliphatic carbocycles. The Morgan fingerprint density at radius 2 is 2.00 bits per heavy atom. The highest BCUT2D eigenvalue weighted by atomic mass is 16.5. The van der Waals surface area contributed by atoms with Crippen molar-refractivity contribution in [2.24, 2.45) is 12.8 Å². The number of aryl methyl sites for hydroxylation is 2. The second-order valence-corrected chi connectivity index (χ2v) is 5.22. The van der Waals surface area contributed by atoms with Crippen molar-refractivity contribution < 1.29 is 4.74 Å². The molecule has 4 nitrogen and oxygen atoms in total. The number of para-hydroxylation sites is 1. The van der Waals surface area contributed by atoms with Gasteiger partial charge in [0.2, 0.25) is 0 Å². The van der Waals surface area contributed by atoms with Crippen molar-refractivity contribution in [3.05, 3.63) is 47.3 Å². The van der Waals surface area contributed by atoms with Gasteiger partial charge >= 0.3 is 0 Å². The summed E-state index contributed by atoms with van der Waals surface area (Å²) in [5, 5.41) is 4.46. The fourth-order valence-corrected chi connectivity index (χ4v) is 2.27. The molecule has 0 bridgehead atoms. The first-order valence-electron chi connectivity index (χ1n) is 7.06. The van der Waals surface area contributed by atoms with E-state index in [9.17, 15) is 0 Å². The summed E-state index contributed by atoms with van der Waals surface area (Å²) in [5.41, 5.74) is 9.47. The average Bonchev–Trinajstić information content (AvgIpc) is 2.79. The van der Waals surface area contributed by atoms with Crippen molar-refractivity contribution in [3.63, 3.8) is 0 Å². The highest BCUT2D eigenvalue weighted by Gasteiger charge is 2.18. The van der Waals surface area contributed by atoms with E-state index >= 15 is 0 Å². The first-order valence-corrected chi connectivity index (χ1v) is 7.06. The monoisotopic (exact) mass is 273 g/mol. The lowest BCUT2D eigenvalue weighted by Gasteiger charge is -2.18. The van der Waals surface area contributed by atoms with Crippen LogP contribution in [-0.4, -0.2) is 15.9 Å². The number of hydrogen-bond donors (Lipinski definition) is 1. The Morgan fingerprint density at radius 1 is 1.30 bits per heavy atom. The molecule has 1 atom stereocenters. The maximum absolute atomic E-state index is 6.42. The van der Waals surface area contributed by atoms with E-state index in [1.54, 1.807) is 0 Å². The summed E-state index contributed by atoms with van der Waals surface area (Å²) in [4.78, 5) is 0. The zero-order valence-electron chi connectivity index (χ0n) is 12.6. The van der Waals surface area contributed by atoms with Crippen LogP contribution in [0.3, 0.4) is 0 Å². The lowest BCUT2D eigenvalue weighted by Crippen LogP contribution is -2.18. The maximum atomic E-state index is 6.42. The molecule has 1 aromatic heterocycles. The molecule has 20 heavy (non-hydrogen) atoms. The second kappa shape index (κ2) is 6.09. The molecule has 0 saturated carbocycles. The van der Waals surface area contributed by atoms with E-state index < -0.39 is 0 Å². The van der Waals surface area contributed by atoms with Crippen LogP contribution in [0.5, 0.6) is 5.75 Å². The summed E-state index contributed by atoms with van der Waals surface area (Å²) in [6.45, 7) is 6.12. The Morgan fingerprint density at radius 3 is 2.60 bits per heavy atom. The van der Waals surface area contributed by atoms with Gasteiger partial charge in [-0.25, -0.2) is 0 Å². The molecule has 2 N–H and O–H groups in total. The van der Waals surface area contributed by atoms with Gasteiger partial charge in [0.25, 0.3) is 0 Å². The standard InChI is InChI=1S/C16H23N3O/c1-5-12-10-14(19(4)18-12)16(17)13-8-6-7-9-15(13)20-11(2)3/h6-11,16H,5,17H2,1-4H3. The molecular weight excluding hydrogens is 250 g/mol. The number of aromatic nitrogens is 2. The van der Waals surface area contributed by atoms with Gasteiger partial charge in [0.05, 0.1) is 23.5 Å². The molecule has 0 amide bonds. The van der Waals surface area contributed by atoms with Crippen LogP contribution < -0.4 is 10.5 Å². The molecule has 1 heterocycles. The Bertz CT molecular complexity index is 575. The SMILES string of the molecule is CCc1cc(C(N)c2ccccc2OC(C)C)n(C)n1. The molecule has 4 heteroatoms. The summed E-state index contributed by atoms with van der Waals surface area (Å²) < 4.78 is 7.71. The number of nitrogens with zero attached hydrogens (tertiary/aromatic N) is 2. The van der Waals surface area contributed by atoms with Gasteiger partial charge in [0.15, 0.2) is 0 Å². The molecule has 0 spiro atoms. The Balaban J connectivity index is 2.37. The zero-order valence-corrected chi connectivity index (χ0v) is 12.6. The predicted octanol–water partition coefficient (Wildman–Crippen LogP) is 2.82. The molecule has 1 aromatic carbocycles. The number of benzene rings is 1. The van der Waals surface area contributed by atoms with Crippen LogP contribution in [0.15, 0.2) is 30.3 Å². The third-order valence-electron chi connectivity index (χ3n) is 3.26. The van der Waals surface area contributed by atoms with Crippen molar-refractivity contribution in [2.75, 3.05) is 0 Å². The fourth-order valence-electron chi connectivity index (χ4n) is 2.27. The minimum Gasteiger partial charge on any atom is -0.491 e. The van der Waals surface area contributed by atoms with Crippen molar-refractivity contribution in [1.82, 2.24) is 9.78 Å². The van der Waals surface area contributed by atoms with Gasteiger partial charge in [-0.2, -0.15) is 5.10 Å². The minimum atomic E-state index is -0.234. The van der Waals surface area contributed by atoms with Crippen molar-refractivity contribution in [3.8, 4) is 5.75 Å². The van der Waals surface area contributed by atoms with Crippen LogP contribution in [0.25, 0.3) is 0 Å². The first-order chi connectivity index (χ1) is 9.52. The summed E-state index contributed by atoms with van der Waals surface area (Å²) in [6.07, 6.45) is 1.03. The molecule has 1 unspecified atom stereocenters. The van der Waals surface area contributed by atoms with Crippen molar-refractivity contribution in [1.29, 1.82) is 0 Å². The minimum absolute atomic E-state index is 0.126. The van der Waals surface area contributed by atoms with E-state index in [0.29, 0.717) is 0 Å². The summed E-state index contributed by atoms with van der Waals surface area (Å²) in [7, 11) is 1.93. The molecule has 0 radical (unpaired) electrons. The lowest BCUT2D eigenvalue weighted by molar-refractivity contribution is 0.239. The summed E-state index contributed by atoms with van der Waals surface area (Å²) >= 11 is 0. The quantitative estimate of drug-likeness (QED) is 0.911. The average molecular weight is 273 g/mol. The highest BCUT2D eigenvalue weighted by molar-refractivity contribution is 5.40. The summed E-state index contributed by atoms with van der Waals surface area (Å²) in [5.74, 6) is 0.842. The van der Waals surface area contributed by atoms with Crippen LogP contribution in [0.2, 0.25) is 0 Å². The van der Waals surface area contributed by atoms with Gasteiger partial charge < -0.3 is 10.5 Å². The fraction of sp³-hybridized carbons (Fsp3) is 0.438. The molecular formula is C16H23N3O. The number of nitrogens with two attached hydrogens (primary N) is 1. The van der Waals surface area contributed by atoms with E-state index in [2.05, 4.69) is 18.1 Å². The largest absolute Gasteiger partial charge is 0.491 e. The second-order valence-electron chi connectivity index (χ2n) is 5.22. The third-order valence-corrected chi connectivity index (χ3v) is 3.26. The zero-order chi connectivity index (χ0) is 14.7. The number of ether oxygens (including phenoxy) is 1. The normalized spacial score (nSPS) is 12.7. The van der Waals surface area contributed by atoms with Crippen LogP contribution in [0.4, 0.5) is 0 Å². The smallest absolute Gasteiger partial charge is 0.124 e. The molecule has 0 saturated heterocycles. The van der Waals surface area contributed by atoms with Gasteiger partial charge in [-0.3, -0.25) is 4.68 Å². The molecule has 0 fully saturated rings. The Labute approximate surface area is 120 Å². The van der Waals surface area contributed by atoms with Crippen LogP contribution in [0.1, 0.15) is 43.8 Å². The van der Waals surface area contributed by atoms with E-state index in [-0.39, 0.29) is 12.1 Å². The molecule has 2 aromatic rings. The molecule has 108 valence electrons. The topological polar surface area (TPSA) is 53.1 Å². The lowest BCUT2D eigenvalue weighted by atomic mass is 10.0. The highest BCUT2D eigenvalue weighted by Crippen LogP contribution is 2.29. The van der Waals surface area contributed by atoms with E-state index in [1.807, 2.05) is 49.8 Å². The van der Waals surface area contributed by atoms with Gasteiger partial charge in [0.1, 0.15) is 5.75 Å².